The Morgan fingerprint density at radius 3 is 2.20 bits per heavy atom. The molecule has 0 radical (unpaired) electrons. The van der Waals surface area contributed by atoms with Crippen LogP contribution in [0.2, 0.25) is 0 Å². The summed E-state index contributed by atoms with van der Waals surface area (Å²) in [6.45, 7) is 7.80. The van der Waals surface area contributed by atoms with Crippen molar-refractivity contribution in [3.63, 3.8) is 0 Å². The molecule has 1 heterocycles. The Labute approximate surface area is 122 Å². The molecule has 114 valence electrons. The van der Waals surface area contributed by atoms with Gasteiger partial charge in [0, 0.05) is 12.6 Å². The summed E-state index contributed by atoms with van der Waals surface area (Å²) >= 11 is 0. The molecular weight excluding hydrogens is 252 g/mol. The number of carbonyl (C=O) groups excluding carboxylic acids is 2. The topological polar surface area (TPSA) is 49.4 Å². The Kier molecular flexibility index (Phi) is 5.19. The lowest BCUT2D eigenvalue weighted by molar-refractivity contribution is -0.141. The van der Waals surface area contributed by atoms with Gasteiger partial charge in [-0.05, 0) is 31.7 Å². The van der Waals surface area contributed by atoms with E-state index < -0.39 is 0 Å². The van der Waals surface area contributed by atoms with Crippen molar-refractivity contribution < 1.29 is 9.59 Å². The van der Waals surface area contributed by atoms with Gasteiger partial charge in [0.05, 0.1) is 11.8 Å². The third kappa shape index (κ3) is 2.90. The molecule has 0 aromatic rings. The van der Waals surface area contributed by atoms with Gasteiger partial charge in [-0.1, -0.05) is 33.6 Å². The summed E-state index contributed by atoms with van der Waals surface area (Å²) in [5.41, 5.74) is 0. The van der Waals surface area contributed by atoms with Crippen LogP contribution in [0.3, 0.4) is 0 Å². The van der Waals surface area contributed by atoms with E-state index in [1.807, 2.05) is 0 Å². The smallest absolute Gasteiger partial charge is 0.233 e. The average Bonchev–Trinajstić information content (AvgIpc) is 2.95. The minimum Gasteiger partial charge on any atom is -0.312 e. The van der Waals surface area contributed by atoms with Crippen LogP contribution in [-0.4, -0.2) is 35.8 Å². The van der Waals surface area contributed by atoms with Crippen LogP contribution in [0.15, 0.2) is 0 Å². The van der Waals surface area contributed by atoms with Crippen LogP contribution < -0.4 is 5.32 Å². The Morgan fingerprint density at radius 1 is 1.15 bits per heavy atom. The highest BCUT2D eigenvalue weighted by Crippen LogP contribution is 2.44. The number of rotatable bonds is 7. The lowest BCUT2D eigenvalue weighted by atomic mass is 10.00. The number of carbonyl (C=O) groups is 2. The first-order valence-electron chi connectivity index (χ1n) is 8.20. The second kappa shape index (κ2) is 6.70. The summed E-state index contributed by atoms with van der Waals surface area (Å²) in [7, 11) is 0. The molecule has 1 N–H and O–H groups in total. The zero-order chi connectivity index (χ0) is 14.7. The highest BCUT2D eigenvalue weighted by atomic mass is 16.2. The van der Waals surface area contributed by atoms with Crippen molar-refractivity contribution in [1.82, 2.24) is 10.2 Å². The second-order valence-electron chi connectivity index (χ2n) is 6.29. The molecule has 0 aromatic heterocycles. The fourth-order valence-corrected chi connectivity index (χ4v) is 3.83. The summed E-state index contributed by atoms with van der Waals surface area (Å²) < 4.78 is 0. The number of hydrogen-bond donors (Lipinski definition) is 1. The summed E-state index contributed by atoms with van der Waals surface area (Å²) in [5, 5.41) is 3.39. The standard InChI is InChI=1S/C16H28N2O2/c1-4-7-12(17-6-3)10-18-15(19)13-8-11(5-2)9-14(13)16(18)20/h11-14,17H,4-10H2,1-3H3. The Bertz CT molecular complexity index is 339. The van der Waals surface area contributed by atoms with E-state index in [1.165, 1.54) is 0 Å². The van der Waals surface area contributed by atoms with Gasteiger partial charge in [0.25, 0.3) is 0 Å². The molecular formula is C16H28N2O2. The fourth-order valence-electron chi connectivity index (χ4n) is 3.83. The maximum Gasteiger partial charge on any atom is 0.233 e. The normalized spacial score (nSPS) is 30.9. The highest BCUT2D eigenvalue weighted by Gasteiger charge is 2.52. The number of nitrogens with zero attached hydrogens (tertiary/aromatic N) is 1. The lowest BCUT2D eigenvalue weighted by Gasteiger charge is -2.24. The van der Waals surface area contributed by atoms with Gasteiger partial charge >= 0.3 is 0 Å². The molecule has 1 aliphatic heterocycles. The number of fused-ring (bicyclic) bond motifs is 1. The molecule has 20 heavy (non-hydrogen) atoms. The van der Waals surface area contributed by atoms with Gasteiger partial charge in [-0.2, -0.15) is 0 Å². The Balaban J connectivity index is 2.00. The van der Waals surface area contributed by atoms with Crippen LogP contribution in [-0.2, 0) is 9.59 Å². The lowest BCUT2D eigenvalue weighted by Crippen LogP contribution is -2.44. The van der Waals surface area contributed by atoms with Gasteiger partial charge in [0.1, 0.15) is 0 Å². The van der Waals surface area contributed by atoms with E-state index in [4.69, 9.17) is 0 Å². The molecule has 2 fully saturated rings. The average molecular weight is 280 g/mol. The van der Waals surface area contributed by atoms with Gasteiger partial charge in [-0.25, -0.2) is 0 Å². The van der Waals surface area contributed by atoms with Crippen molar-refractivity contribution in [2.45, 2.75) is 58.9 Å². The van der Waals surface area contributed by atoms with E-state index in [2.05, 4.69) is 26.1 Å². The molecule has 0 spiro atoms. The van der Waals surface area contributed by atoms with E-state index >= 15 is 0 Å². The van der Waals surface area contributed by atoms with Crippen molar-refractivity contribution in [3.8, 4) is 0 Å². The number of nitrogens with one attached hydrogen (secondary N) is 1. The molecule has 2 aliphatic rings. The summed E-state index contributed by atoms with van der Waals surface area (Å²) in [5.74, 6) is 0.720. The van der Waals surface area contributed by atoms with Gasteiger partial charge in [0.15, 0.2) is 0 Å². The SMILES string of the molecule is CCCC(CN1C(=O)C2CC(CC)CC2C1=O)NCC. The first-order valence-corrected chi connectivity index (χ1v) is 8.20. The summed E-state index contributed by atoms with van der Waals surface area (Å²) in [4.78, 5) is 26.5. The van der Waals surface area contributed by atoms with E-state index in [0.29, 0.717) is 12.5 Å². The molecule has 1 saturated heterocycles. The maximum atomic E-state index is 12.5. The molecule has 0 bridgehead atoms. The fraction of sp³-hybridized carbons (Fsp3) is 0.875. The third-order valence-electron chi connectivity index (χ3n) is 4.94. The van der Waals surface area contributed by atoms with Crippen molar-refractivity contribution in [1.29, 1.82) is 0 Å². The van der Waals surface area contributed by atoms with E-state index in [9.17, 15) is 9.59 Å². The molecule has 1 aliphatic carbocycles. The van der Waals surface area contributed by atoms with Crippen LogP contribution in [0.25, 0.3) is 0 Å². The van der Waals surface area contributed by atoms with Crippen LogP contribution in [0.5, 0.6) is 0 Å². The third-order valence-corrected chi connectivity index (χ3v) is 4.94. The first kappa shape index (κ1) is 15.5. The molecule has 1 saturated carbocycles. The van der Waals surface area contributed by atoms with Gasteiger partial charge in [-0.3, -0.25) is 14.5 Å². The Hall–Kier alpha value is -0.900. The molecule has 0 aromatic carbocycles. The molecule has 4 nitrogen and oxygen atoms in total. The van der Waals surface area contributed by atoms with Crippen molar-refractivity contribution >= 4 is 11.8 Å². The molecule has 3 atom stereocenters. The molecule has 2 rings (SSSR count). The number of imide groups is 1. The number of hydrogen-bond acceptors (Lipinski definition) is 3. The van der Waals surface area contributed by atoms with Crippen molar-refractivity contribution in [3.05, 3.63) is 0 Å². The first-order chi connectivity index (χ1) is 9.62. The predicted molar refractivity (Wildman–Crippen MR) is 79.1 cm³/mol. The van der Waals surface area contributed by atoms with Crippen LogP contribution in [0, 0.1) is 17.8 Å². The van der Waals surface area contributed by atoms with E-state index in [-0.39, 0.29) is 29.7 Å². The predicted octanol–water partition coefficient (Wildman–Crippen LogP) is 2.19. The second-order valence-corrected chi connectivity index (χ2v) is 6.29. The zero-order valence-electron chi connectivity index (χ0n) is 13.0. The van der Waals surface area contributed by atoms with Gasteiger partial charge in [-0.15, -0.1) is 0 Å². The number of amides is 2. The highest BCUT2D eigenvalue weighted by molar-refractivity contribution is 6.05. The Morgan fingerprint density at radius 2 is 1.75 bits per heavy atom. The van der Waals surface area contributed by atoms with Crippen LogP contribution in [0.4, 0.5) is 0 Å². The molecule has 2 amide bonds. The van der Waals surface area contributed by atoms with Crippen molar-refractivity contribution in [2.24, 2.45) is 17.8 Å². The number of likely N-dealkylation sites (N-methyl/N-ethyl adjacent to an activating group) is 1. The minimum atomic E-state index is -0.0173. The van der Waals surface area contributed by atoms with E-state index in [1.54, 1.807) is 4.90 Å². The van der Waals surface area contributed by atoms with Gasteiger partial charge < -0.3 is 5.32 Å². The van der Waals surface area contributed by atoms with Crippen molar-refractivity contribution in [2.75, 3.05) is 13.1 Å². The number of likely N-dealkylation sites (tertiary alicyclic amines) is 1. The monoisotopic (exact) mass is 280 g/mol. The van der Waals surface area contributed by atoms with Crippen LogP contribution in [0.1, 0.15) is 52.9 Å². The minimum absolute atomic E-state index is 0.0173. The van der Waals surface area contributed by atoms with Gasteiger partial charge in [0.2, 0.25) is 11.8 Å². The summed E-state index contributed by atoms with van der Waals surface area (Å²) in [6, 6.07) is 0.249. The maximum absolute atomic E-state index is 12.5. The quantitative estimate of drug-likeness (QED) is 0.727. The summed E-state index contributed by atoms with van der Waals surface area (Å²) in [6.07, 6.45) is 5.00. The molecule has 3 unspecified atom stereocenters. The largest absolute Gasteiger partial charge is 0.312 e. The van der Waals surface area contributed by atoms with E-state index in [0.717, 1.165) is 38.6 Å². The molecule has 4 heteroatoms. The van der Waals surface area contributed by atoms with Crippen LogP contribution >= 0.6 is 0 Å². The zero-order valence-corrected chi connectivity index (χ0v) is 13.0.